The van der Waals surface area contributed by atoms with Gasteiger partial charge in [-0.25, -0.2) is 4.98 Å². The minimum atomic E-state index is 0. The lowest BCUT2D eigenvalue weighted by Gasteiger charge is -2.20. The molecule has 4 rings (SSSR count). The van der Waals surface area contributed by atoms with Crippen molar-refractivity contribution in [3.8, 4) is 5.88 Å². The van der Waals surface area contributed by atoms with Crippen molar-refractivity contribution in [3.63, 3.8) is 0 Å². The number of halogens is 1. The molecule has 120 valence electrons. The minimum absolute atomic E-state index is 0. The Morgan fingerprint density at radius 2 is 2.14 bits per heavy atom. The largest absolute Gasteiger partial charge is 0.471 e. The first-order valence-electron chi connectivity index (χ1n) is 7.78. The average molecular weight is 325 g/mol. The fourth-order valence-corrected chi connectivity index (χ4v) is 3.21. The zero-order valence-corrected chi connectivity index (χ0v) is 13.2. The molecular weight excluding hydrogens is 304 g/mol. The van der Waals surface area contributed by atoms with Crippen LogP contribution in [0.4, 0.5) is 0 Å². The van der Waals surface area contributed by atoms with E-state index in [-0.39, 0.29) is 30.5 Å². The monoisotopic (exact) mass is 324 g/mol. The molecule has 2 unspecified atom stereocenters. The van der Waals surface area contributed by atoms with Crippen LogP contribution < -0.4 is 10.1 Å². The highest BCUT2D eigenvalue weighted by Crippen LogP contribution is 2.38. The van der Waals surface area contributed by atoms with E-state index in [1.807, 2.05) is 11.1 Å². The third kappa shape index (κ3) is 3.17. The molecule has 3 fully saturated rings. The van der Waals surface area contributed by atoms with Gasteiger partial charge in [-0.2, -0.15) is 0 Å². The van der Waals surface area contributed by atoms with Crippen LogP contribution in [0.15, 0.2) is 12.4 Å². The summed E-state index contributed by atoms with van der Waals surface area (Å²) in [5, 5.41) is 3.31. The summed E-state index contributed by atoms with van der Waals surface area (Å²) in [5.41, 5.74) is 1.07. The Morgan fingerprint density at radius 1 is 1.27 bits per heavy atom. The molecule has 22 heavy (non-hydrogen) atoms. The summed E-state index contributed by atoms with van der Waals surface area (Å²) >= 11 is 0. The van der Waals surface area contributed by atoms with Crippen LogP contribution in [0.25, 0.3) is 0 Å². The SMILES string of the molecule is Cl.O=C1CCNCC2CC(Oc3cnc(C4CC4)cn3)CN12. The van der Waals surface area contributed by atoms with E-state index >= 15 is 0 Å². The molecule has 0 aromatic carbocycles. The van der Waals surface area contributed by atoms with E-state index in [9.17, 15) is 4.79 Å². The van der Waals surface area contributed by atoms with Crippen LogP contribution in [0, 0.1) is 0 Å². The van der Waals surface area contributed by atoms with E-state index in [2.05, 4.69) is 15.3 Å². The molecule has 6 nitrogen and oxygen atoms in total. The predicted molar refractivity (Wildman–Crippen MR) is 83.3 cm³/mol. The Bertz CT molecular complexity index is 535. The first-order valence-corrected chi connectivity index (χ1v) is 7.78. The molecule has 1 N–H and O–H groups in total. The first-order chi connectivity index (χ1) is 10.3. The van der Waals surface area contributed by atoms with Crippen LogP contribution >= 0.6 is 12.4 Å². The summed E-state index contributed by atoms with van der Waals surface area (Å²) < 4.78 is 5.92. The van der Waals surface area contributed by atoms with Crippen LogP contribution in [0.5, 0.6) is 5.88 Å². The molecule has 0 spiro atoms. The molecule has 1 saturated carbocycles. The van der Waals surface area contributed by atoms with Gasteiger partial charge in [0.05, 0.1) is 24.6 Å². The molecular formula is C15H21ClN4O2. The topological polar surface area (TPSA) is 67.3 Å². The molecule has 1 aliphatic carbocycles. The summed E-state index contributed by atoms with van der Waals surface area (Å²) in [6, 6.07) is 0.253. The summed E-state index contributed by atoms with van der Waals surface area (Å²) in [4.78, 5) is 22.8. The van der Waals surface area contributed by atoms with Gasteiger partial charge in [0.25, 0.3) is 0 Å². The molecule has 0 bridgehead atoms. The van der Waals surface area contributed by atoms with Crippen molar-refractivity contribution in [1.29, 1.82) is 0 Å². The average Bonchev–Trinajstić information content (AvgIpc) is 3.28. The quantitative estimate of drug-likeness (QED) is 0.902. The Morgan fingerprint density at radius 3 is 2.86 bits per heavy atom. The van der Waals surface area contributed by atoms with Gasteiger partial charge in [0.1, 0.15) is 6.10 Å². The summed E-state index contributed by atoms with van der Waals surface area (Å²) in [7, 11) is 0. The van der Waals surface area contributed by atoms with Crippen molar-refractivity contribution in [1.82, 2.24) is 20.2 Å². The number of fused-ring (bicyclic) bond motifs is 1. The number of carbonyl (C=O) groups excluding carboxylic acids is 1. The van der Waals surface area contributed by atoms with Gasteiger partial charge in [-0.1, -0.05) is 0 Å². The maximum Gasteiger partial charge on any atom is 0.232 e. The second-order valence-corrected chi connectivity index (χ2v) is 6.18. The fourth-order valence-electron chi connectivity index (χ4n) is 3.21. The van der Waals surface area contributed by atoms with Gasteiger partial charge < -0.3 is 15.0 Å². The number of rotatable bonds is 3. The third-order valence-corrected chi connectivity index (χ3v) is 4.52. The summed E-state index contributed by atoms with van der Waals surface area (Å²) in [6.07, 6.45) is 7.47. The van der Waals surface area contributed by atoms with Crippen molar-refractivity contribution < 1.29 is 9.53 Å². The van der Waals surface area contributed by atoms with Gasteiger partial charge in [-0.15, -0.1) is 12.4 Å². The maximum absolute atomic E-state index is 12.0. The van der Waals surface area contributed by atoms with E-state index in [4.69, 9.17) is 4.74 Å². The van der Waals surface area contributed by atoms with Crippen molar-refractivity contribution in [2.75, 3.05) is 19.6 Å². The highest BCUT2D eigenvalue weighted by Gasteiger charge is 2.37. The number of hydrogen-bond acceptors (Lipinski definition) is 5. The number of ether oxygens (including phenoxy) is 1. The molecule has 0 radical (unpaired) electrons. The lowest BCUT2D eigenvalue weighted by atomic mass is 10.2. The molecule has 1 aromatic heterocycles. The highest BCUT2D eigenvalue weighted by molar-refractivity contribution is 5.85. The molecule has 2 atom stereocenters. The lowest BCUT2D eigenvalue weighted by Crippen LogP contribution is -2.37. The zero-order chi connectivity index (χ0) is 14.2. The van der Waals surface area contributed by atoms with Crippen LogP contribution in [0.1, 0.15) is 37.3 Å². The zero-order valence-electron chi connectivity index (χ0n) is 12.4. The van der Waals surface area contributed by atoms with Gasteiger partial charge in [-0.05, 0) is 12.8 Å². The van der Waals surface area contributed by atoms with E-state index in [1.54, 1.807) is 6.20 Å². The molecule has 3 aliphatic rings. The Balaban J connectivity index is 0.00000144. The number of hydrogen-bond donors (Lipinski definition) is 1. The second-order valence-electron chi connectivity index (χ2n) is 6.18. The minimum Gasteiger partial charge on any atom is -0.471 e. The Kier molecular flexibility index (Phi) is 4.49. The van der Waals surface area contributed by atoms with Gasteiger partial charge in [0.15, 0.2) is 0 Å². The Hall–Kier alpha value is -1.40. The van der Waals surface area contributed by atoms with E-state index in [0.29, 0.717) is 24.8 Å². The van der Waals surface area contributed by atoms with Crippen molar-refractivity contribution >= 4 is 18.3 Å². The number of nitrogens with zero attached hydrogens (tertiary/aromatic N) is 3. The van der Waals surface area contributed by atoms with E-state index < -0.39 is 0 Å². The van der Waals surface area contributed by atoms with Crippen molar-refractivity contribution in [2.24, 2.45) is 0 Å². The highest BCUT2D eigenvalue weighted by atomic mass is 35.5. The van der Waals surface area contributed by atoms with E-state index in [1.165, 1.54) is 12.8 Å². The maximum atomic E-state index is 12.0. The third-order valence-electron chi connectivity index (χ3n) is 4.52. The first kappa shape index (κ1) is 15.5. The molecule has 1 aromatic rings. The molecule has 3 heterocycles. The standard InChI is InChI=1S/C15H20N4O2.ClH/c20-15-3-4-16-6-11-5-12(9-19(11)15)21-14-8-17-13(7-18-14)10-1-2-10;/h7-8,10-12,16H,1-6,9H2;1H. The van der Waals surface area contributed by atoms with Gasteiger partial charge in [-0.3, -0.25) is 9.78 Å². The summed E-state index contributed by atoms with van der Waals surface area (Å²) in [5.74, 6) is 1.41. The predicted octanol–water partition coefficient (Wildman–Crippen LogP) is 1.12. The van der Waals surface area contributed by atoms with E-state index in [0.717, 1.165) is 25.2 Å². The van der Waals surface area contributed by atoms with Crippen LogP contribution in [-0.4, -0.2) is 52.6 Å². The van der Waals surface area contributed by atoms with Gasteiger partial charge in [0, 0.05) is 37.9 Å². The lowest BCUT2D eigenvalue weighted by molar-refractivity contribution is -0.131. The van der Waals surface area contributed by atoms with Gasteiger partial charge in [0.2, 0.25) is 11.8 Å². The van der Waals surface area contributed by atoms with Crippen LogP contribution in [-0.2, 0) is 4.79 Å². The fraction of sp³-hybridized carbons (Fsp3) is 0.667. The molecule has 1 amide bonds. The molecule has 2 aliphatic heterocycles. The van der Waals surface area contributed by atoms with Crippen LogP contribution in [0.3, 0.4) is 0 Å². The molecule has 7 heteroatoms. The van der Waals surface area contributed by atoms with Crippen LogP contribution in [0.2, 0.25) is 0 Å². The number of amides is 1. The number of nitrogens with one attached hydrogen (secondary N) is 1. The van der Waals surface area contributed by atoms with Crippen molar-refractivity contribution in [3.05, 3.63) is 18.1 Å². The number of carbonyl (C=O) groups is 1. The Labute approximate surface area is 136 Å². The smallest absolute Gasteiger partial charge is 0.232 e. The molecule has 2 saturated heterocycles. The van der Waals surface area contributed by atoms with Crippen molar-refractivity contribution in [2.45, 2.75) is 43.7 Å². The number of aromatic nitrogens is 2. The van der Waals surface area contributed by atoms with Gasteiger partial charge >= 0.3 is 0 Å². The normalized spacial score (nSPS) is 27.8. The second kappa shape index (κ2) is 6.38. The summed E-state index contributed by atoms with van der Waals surface area (Å²) in [6.45, 7) is 2.31.